The lowest BCUT2D eigenvalue weighted by atomic mass is 10.2. The minimum absolute atomic E-state index is 0.0346. The van der Waals surface area contributed by atoms with Crippen LogP contribution in [0.15, 0.2) is 42.5 Å². The summed E-state index contributed by atoms with van der Waals surface area (Å²) in [7, 11) is -3.48. The zero-order valence-electron chi connectivity index (χ0n) is 14.4. The highest BCUT2D eigenvalue weighted by molar-refractivity contribution is 7.92. The van der Waals surface area contributed by atoms with Crippen molar-refractivity contribution in [3.8, 4) is 0 Å². The highest BCUT2D eigenvalue weighted by atomic mass is 35.5. The summed E-state index contributed by atoms with van der Waals surface area (Å²) in [6.07, 6.45) is 1.17. The predicted molar refractivity (Wildman–Crippen MR) is 103 cm³/mol. The highest BCUT2D eigenvalue weighted by Gasteiger charge is 2.18. The van der Waals surface area contributed by atoms with Crippen LogP contribution >= 0.6 is 11.6 Å². The van der Waals surface area contributed by atoms with Crippen molar-refractivity contribution in [2.45, 2.75) is 20.3 Å². The van der Waals surface area contributed by atoms with Gasteiger partial charge in [-0.1, -0.05) is 35.4 Å². The van der Waals surface area contributed by atoms with Crippen molar-refractivity contribution in [2.24, 2.45) is 0 Å². The molecular weight excluding hydrogens is 360 g/mol. The van der Waals surface area contributed by atoms with Crippen LogP contribution in [0.5, 0.6) is 0 Å². The number of nitrogens with one attached hydrogen (secondary N) is 1. The fraction of sp³-hybridized carbons (Fsp3) is 0.278. The average Bonchev–Trinajstić information content (AvgIpc) is 2.52. The van der Waals surface area contributed by atoms with E-state index in [1.807, 2.05) is 26.0 Å². The number of anilines is 2. The quantitative estimate of drug-likeness (QED) is 0.829. The van der Waals surface area contributed by atoms with Gasteiger partial charge in [0, 0.05) is 23.7 Å². The summed E-state index contributed by atoms with van der Waals surface area (Å²) in [5.41, 5.74) is 2.97. The lowest BCUT2D eigenvalue weighted by Gasteiger charge is -2.22. The molecule has 0 aliphatic heterocycles. The van der Waals surface area contributed by atoms with Crippen molar-refractivity contribution in [2.75, 3.05) is 22.4 Å². The second kappa shape index (κ2) is 7.89. The Morgan fingerprint density at radius 3 is 2.36 bits per heavy atom. The molecule has 7 heteroatoms. The minimum Gasteiger partial charge on any atom is -0.326 e. The van der Waals surface area contributed by atoms with Crippen LogP contribution in [0.25, 0.3) is 0 Å². The zero-order valence-corrected chi connectivity index (χ0v) is 16.0. The number of sulfonamides is 1. The molecule has 0 saturated heterocycles. The van der Waals surface area contributed by atoms with E-state index in [1.54, 1.807) is 30.3 Å². The molecule has 0 bridgehead atoms. The number of carbonyl (C=O) groups is 1. The predicted octanol–water partition coefficient (Wildman–Crippen LogP) is 3.75. The second-order valence-electron chi connectivity index (χ2n) is 5.88. The smallest absolute Gasteiger partial charge is 0.232 e. The number of aryl methyl sites for hydroxylation is 1. The van der Waals surface area contributed by atoms with E-state index < -0.39 is 10.0 Å². The van der Waals surface area contributed by atoms with E-state index in [4.69, 9.17) is 11.6 Å². The molecule has 25 heavy (non-hydrogen) atoms. The van der Waals surface area contributed by atoms with Crippen LogP contribution < -0.4 is 9.62 Å². The van der Waals surface area contributed by atoms with E-state index >= 15 is 0 Å². The van der Waals surface area contributed by atoms with Gasteiger partial charge < -0.3 is 5.32 Å². The largest absolute Gasteiger partial charge is 0.326 e. The van der Waals surface area contributed by atoms with Crippen molar-refractivity contribution in [1.82, 2.24) is 0 Å². The molecule has 0 aromatic heterocycles. The second-order valence-corrected chi connectivity index (χ2v) is 8.20. The summed E-state index contributed by atoms with van der Waals surface area (Å²) < 4.78 is 25.4. The Morgan fingerprint density at radius 2 is 1.76 bits per heavy atom. The van der Waals surface area contributed by atoms with Crippen molar-refractivity contribution in [3.05, 3.63) is 58.6 Å². The van der Waals surface area contributed by atoms with Crippen LogP contribution in [0.2, 0.25) is 5.02 Å². The van der Waals surface area contributed by atoms with Crippen LogP contribution in [0.1, 0.15) is 17.5 Å². The van der Waals surface area contributed by atoms with Crippen LogP contribution in [0, 0.1) is 13.8 Å². The first-order chi connectivity index (χ1) is 11.7. The monoisotopic (exact) mass is 380 g/mol. The van der Waals surface area contributed by atoms with Crippen LogP contribution in [-0.4, -0.2) is 27.1 Å². The summed E-state index contributed by atoms with van der Waals surface area (Å²) in [5, 5.41) is 3.34. The van der Waals surface area contributed by atoms with Crippen LogP contribution in [-0.2, 0) is 14.8 Å². The molecule has 0 unspecified atom stereocenters. The van der Waals surface area contributed by atoms with Gasteiger partial charge in [-0.15, -0.1) is 0 Å². The van der Waals surface area contributed by atoms with Crippen molar-refractivity contribution >= 4 is 38.9 Å². The van der Waals surface area contributed by atoms with E-state index in [9.17, 15) is 13.2 Å². The Balaban J connectivity index is 2.09. The molecule has 0 saturated carbocycles. The number of benzene rings is 2. The number of amides is 1. The third kappa shape index (κ3) is 5.21. The Kier molecular flexibility index (Phi) is 6.08. The number of carbonyl (C=O) groups excluding carboxylic acids is 1. The molecule has 0 aliphatic carbocycles. The number of hydrogen-bond donors (Lipinski definition) is 1. The summed E-state index contributed by atoms with van der Waals surface area (Å²) in [4.78, 5) is 12.2. The van der Waals surface area contributed by atoms with E-state index in [-0.39, 0.29) is 18.9 Å². The standard InChI is InChI=1S/C18H21ClN2O3S/c1-13-7-9-15(10-8-13)21(25(3,23)24)12-11-18(22)20-17-6-4-5-16(19)14(17)2/h4-10H,11-12H2,1-3H3,(H,20,22). The normalized spacial score (nSPS) is 11.2. The zero-order chi connectivity index (χ0) is 18.6. The van der Waals surface area contributed by atoms with Gasteiger partial charge in [-0.3, -0.25) is 9.10 Å². The number of nitrogens with zero attached hydrogens (tertiary/aromatic N) is 1. The van der Waals surface area contributed by atoms with E-state index in [1.165, 1.54) is 4.31 Å². The maximum atomic E-state index is 12.2. The van der Waals surface area contributed by atoms with Gasteiger partial charge in [0.15, 0.2) is 0 Å². The third-order valence-electron chi connectivity index (χ3n) is 3.81. The van der Waals surface area contributed by atoms with Gasteiger partial charge in [0.1, 0.15) is 0 Å². The van der Waals surface area contributed by atoms with Gasteiger partial charge in [-0.25, -0.2) is 8.42 Å². The Labute approximate surface area is 153 Å². The molecule has 2 rings (SSSR count). The fourth-order valence-corrected chi connectivity index (χ4v) is 3.46. The number of rotatable bonds is 6. The minimum atomic E-state index is -3.48. The fourth-order valence-electron chi connectivity index (χ4n) is 2.36. The van der Waals surface area contributed by atoms with Gasteiger partial charge in [0.2, 0.25) is 15.9 Å². The molecule has 0 spiro atoms. The third-order valence-corrected chi connectivity index (χ3v) is 5.41. The van der Waals surface area contributed by atoms with E-state index in [0.717, 1.165) is 17.4 Å². The van der Waals surface area contributed by atoms with E-state index in [2.05, 4.69) is 5.32 Å². The molecule has 1 N–H and O–H groups in total. The molecule has 0 radical (unpaired) electrons. The Hall–Kier alpha value is -2.05. The molecule has 0 atom stereocenters. The molecule has 134 valence electrons. The maximum Gasteiger partial charge on any atom is 0.232 e. The molecule has 1 amide bonds. The van der Waals surface area contributed by atoms with Crippen LogP contribution in [0.3, 0.4) is 0 Å². The number of halogens is 1. The molecular formula is C18H21ClN2O3S. The Morgan fingerprint density at radius 1 is 1.12 bits per heavy atom. The Bertz CT molecular complexity index is 864. The molecule has 2 aromatic carbocycles. The first kappa shape index (κ1) is 19.3. The lowest BCUT2D eigenvalue weighted by molar-refractivity contribution is -0.116. The van der Waals surface area contributed by atoms with Crippen molar-refractivity contribution < 1.29 is 13.2 Å². The average molecular weight is 381 g/mol. The topological polar surface area (TPSA) is 66.5 Å². The van der Waals surface area contributed by atoms with Gasteiger partial charge in [-0.2, -0.15) is 0 Å². The van der Waals surface area contributed by atoms with Crippen LogP contribution in [0.4, 0.5) is 11.4 Å². The highest BCUT2D eigenvalue weighted by Crippen LogP contribution is 2.23. The molecule has 0 aliphatic rings. The summed E-state index contributed by atoms with van der Waals surface area (Å²) in [5.74, 6) is -0.272. The lowest BCUT2D eigenvalue weighted by Crippen LogP contribution is -2.33. The van der Waals surface area contributed by atoms with Crippen molar-refractivity contribution in [1.29, 1.82) is 0 Å². The SMILES string of the molecule is Cc1ccc(N(CCC(=O)Nc2cccc(Cl)c2C)S(C)(=O)=O)cc1. The van der Waals surface area contributed by atoms with Gasteiger partial charge in [0.05, 0.1) is 11.9 Å². The van der Waals surface area contributed by atoms with E-state index in [0.29, 0.717) is 16.4 Å². The first-order valence-electron chi connectivity index (χ1n) is 7.78. The number of hydrogen-bond acceptors (Lipinski definition) is 3. The van der Waals surface area contributed by atoms with Crippen molar-refractivity contribution in [3.63, 3.8) is 0 Å². The molecule has 5 nitrogen and oxygen atoms in total. The summed E-state index contributed by atoms with van der Waals surface area (Å²) in [6, 6.07) is 12.4. The van der Waals surface area contributed by atoms with Gasteiger partial charge >= 0.3 is 0 Å². The molecule has 0 fully saturated rings. The summed E-state index contributed by atoms with van der Waals surface area (Å²) >= 11 is 6.04. The first-order valence-corrected chi connectivity index (χ1v) is 10.0. The summed E-state index contributed by atoms with van der Waals surface area (Å²) in [6.45, 7) is 3.80. The molecule has 0 heterocycles. The van der Waals surface area contributed by atoms with Gasteiger partial charge in [0.25, 0.3) is 0 Å². The maximum absolute atomic E-state index is 12.2. The molecule has 2 aromatic rings. The van der Waals surface area contributed by atoms with Gasteiger partial charge in [-0.05, 0) is 43.7 Å².